The average Bonchev–Trinajstić information content (AvgIpc) is 3.17. The van der Waals surface area contributed by atoms with Gasteiger partial charge < -0.3 is 21.8 Å². The van der Waals surface area contributed by atoms with Gasteiger partial charge in [-0.2, -0.15) is 4.98 Å². The first-order valence-corrected chi connectivity index (χ1v) is 11.1. The van der Waals surface area contributed by atoms with Crippen LogP contribution in [0, 0.1) is 6.92 Å². The van der Waals surface area contributed by atoms with Crippen LogP contribution in [0.4, 0.5) is 0 Å². The Kier molecular flexibility index (Phi) is 11.5. The molecule has 32 heavy (non-hydrogen) atoms. The number of hydrogen-bond acceptors (Lipinski definition) is 4. The van der Waals surface area contributed by atoms with Crippen molar-refractivity contribution >= 4 is 17.0 Å². The van der Waals surface area contributed by atoms with Crippen LogP contribution in [-0.4, -0.2) is 33.6 Å². The van der Waals surface area contributed by atoms with Crippen molar-refractivity contribution in [3.63, 3.8) is 0 Å². The van der Waals surface area contributed by atoms with E-state index in [2.05, 4.69) is 26.9 Å². The Morgan fingerprint density at radius 2 is 1.91 bits per heavy atom. The topological polar surface area (TPSA) is 127 Å². The minimum absolute atomic E-state index is 0.00194. The van der Waals surface area contributed by atoms with E-state index in [0.29, 0.717) is 12.2 Å². The summed E-state index contributed by atoms with van der Waals surface area (Å²) in [6, 6.07) is 9.72. The number of nitrogens with two attached hydrogens (primary N) is 2. The highest BCUT2D eigenvalue weighted by Crippen LogP contribution is 2.18. The average molecular weight is 440 g/mol. The van der Waals surface area contributed by atoms with Gasteiger partial charge in [-0.3, -0.25) is 9.56 Å². The highest BCUT2D eigenvalue weighted by Gasteiger charge is 2.09. The molecule has 8 heteroatoms. The van der Waals surface area contributed by atoms with Crippen molar-refractivity contribution < 1.29 is 0 Å². The van der Waals surface area contributed by atoms with Gasteiger partial charge in [-0.15, -0.1) is 6.58 Å². The van der Waals surface area contributed by atoms with Crippen LogP contribution in [-0.2, 0) is 0 Å². The largest absolute Gasteiger partial charge is 0.370 e. The second-order valence-electron chi connectivity index (χ2n) is 6.57. The van der Waals surface area contributed by atoms with E-state index in [0.717, 1.165) is 35.3 Å². The summed E-state index contributed by atoms with van der Waals surface area (Å²) in [5, 5.41) is 4.30. The predicted octanol–water partition coefficient (Wildman–Crippen LogP) is 3.55. The zero-order valence-electron chi connectivity index (χ0n) is 19.9. The van der Waals surface area contributed by atoms with Gasteiger partial charge in [-0.25, -0.2) is 4.79 Å². The third-order valence-electron chi connectivity index (χ3n) is 4.40. The van der Waals surface area contributed by atoms with Gasteiger partial charge in [-0.1, -0.05) is 45.9 Å². The summed E-state index contributed by atoms with van der Waals surface area (Å²) in [6.45, 7) is 15.2. The number of aliphatic imine (C=N–C) groups is 1. The summed E-state index contributed by atoms with van der Waals surface area (Å²) in [4.78, 5) is 23.5. The monoisotopic (exact) mass is 439 g/mol. The lowest BCUT2D eigenvalue weighted by atomic mass is 10.1. The second-order valence-corrected chi connectivity index (χ2v) is 6.57. The standard InChI is InChI=1S/C20H25N7O.2C2H6/c1-3-17(23-9-4-10-24-19(21)22)14-5-7-16(8-6-14)27-12-15-11-13(2)25-18(15)26-20(27)28;2*1-2/h3,5-8,11-12,17,23H,1,4,9-10H2,2H3,(H4,21,22,24)(H,25,26,28);2*1-2H3/t17-;;/m1../s1. The first-order valence-electron chi connectivity index (χ1n) is 11.1. The van der Waals surface area contributed by atoms with Crippen LogP contribution < -0.4 is 22.5 Å². The predicted molar refractivity (Wildman–Crippen MR) is 135 cm³/mol. The van der Waals surface area contributed by atoms with Gasteiger partial charge in [-0.05, 0) is 43.7 Å². The highest BCUT2D eigenvalue weighted by atomic mass is 16.1. The molecule has 0 aliphatic heterocycles. The first-order chi connectivity index (χ1) is 15.5. The Hall–Kier alpha value is -3.39. The molecule has 3 aromatic rings. The molecule has 0 saturated heterocycles. The fourth-order valence-electron chi connectivity index (χ4n) is 3.04. The fourth-order valence-corrected chi connectivity index (χ4v) is 3.04. The highest BCUT2D eigenvalue weighted by molar-refractivity contribution is 5.76. The van der Waals surface area contributed by atoms with E-state index in [1.54, 1.807) is 10.8 Å². The van der Waals surface area contributed by atoms with E-state index in [1.807, 2.05) is 71.0 Å². The van der Waals surface area contributed by atoms with Crippen molar-refractivity contribution in [1.82, 2.24) is 19.9 Å². The van der Waals surface area contributed by atoms with Crippen molar-refractivity contribution in [2.75, 3.05) is 13.1 Å². The van der Waals surface area contributed by atoms with Crippen molar-refractivity contribution in [2.24, 2.45) is 16.5 Å². The Morgan fingerprint density at radius 1 is 1.25 bits per heavy atom. The van der Waals surface area contributed by atoms with Crippen molar-refractivity contribution in [3.05, 3.63) is 70.9 Å². The number of guanidine groups is 1. The summed E-state index contributed by atoms with van der Waals surface area (Å²) in [5.74, 6) is 0.105. The van der Waals surface area contributed by atoms with Crippen LogP contribution in [0.1, 0.15) is 51.4 Å². The molecule has 1 aromatic carbocycles. The summed E-state index contributed by atoms with van der Waals surface area (Å²) in [7, 11) is 0. The number of nitrogens with one attached hydrogen (secondary N) is 2. The molecule has 0 amide bonds. The molecular formula is C24H37N7O. The lowest BCUT2D eigenvalue weighted by Gasteiger charge is -2.15. The summed E-state index contributed by atoms with van der Waals surface area (Å²) in [5.41, 5.74) is 13.7. The fraction of sp³-hybridized carbons (Fsp3) is 0.375. The minimum atomic E-state index is -0.319. The molecule has 0 aliphatic carbocycles. The van der Waals surface area contributed by atoms with Crippen molar-refractivity contribution in [2.45, 2.75) is 47.1 Å². The summed E-state index contributed by atoms with van der Waals surface area (Å²) >= 11 is 0. The molecule has 3 rings (SSSR count). The van der Waals surface area contributed by atoms with E-state index in [9.17, 15) is 4.79 Å². The van der Waals surface area contributed by atoms with Crippen LogP contribution >= 0.6 is 0 Å². The third-order valence-corrected chi connectivity index (χ3v) is 4.40. The van der Waals surface area contributed by atoms with Crippen molar-refractivity contribution in [3.8, 4) is 5.69 Å². The van der Waals surface area contributed by atoms with Crippen LogP contribution in [0.25, 0.3) is 16.7 Å². The lowest BCUT2D eigenvalue weighted by molar-refractivity contribution is 0.601. The summed E-state index contributed by atoms with van der Waals surface area (Å²) < 4.78 is 1.55. The number of H-pyrrole nitrogens is 1. The van der Waals surface area contributed by atoms with E-state index in [4.69, 9.17) is 11.5 Å². The number of fused-ring (bicyclic) bond motifs is 1. The number of benzene rings is 1. The molecule has 0 unspecified atom stereocenters. The number of aryl methyl sites for hydroxylation is 1. The van der Waals surface area contributed by atoms with Gasteiger partial charge in [0, 0.05) is 23.8 Å². The van der Waals surface area contributed by atoms with Crippen LogP contribution in [0.15, 0.2) is 59.0 Å². The van der Waals surface area contributed by atoms with Gasteiger partial charge in [0.2, 0.25) is 0 Å². The van der Waals surface area contributed by atoms with Gasteiger partial charge in [0.25, 0.3) is 0 Å². The van der Waals surface area contributed by atoms with Crippen LogP contribution in [0.2, 0.25) is 0 Å². The van der Waals surface area contributed by atoms with Gasteiger partial charge in [0.1, 0.15) is 5.65 Å². The molecule has 1 atom stereocenters. The molecule has 0 bridgehead atoms. The Balaban J connectivity index is 0.00000121. The minimum Gasteiger partial charge on any atom is -0.370 e. The maximum absolute atomic E-state index is 12.3. The van der Waals surface area contributed by atoms with Crippen LogP contribution in [0.5, 0.6) is 0 Å². The Morgan fingerprint density at radius 3 is 2.50 bits per heavy atom. The SMILES string of the molecule is C=C[C@@H](NCCCN=C(N)N)c1ccc(-n2cc3cc(C)[nH]c3nc2=O)cc1.CC.CC. The molecule has 0 saturated carbocycles. The molecule has 8 nitrogen and oxygen atoms in total. The molecule has 0 aliphatic rings. The lowest BCUT2D eigenvalue weighted by Crippen LogP contribution is -2.24. The molecule has 2 aromatic heterocycles. The zero-order valence-corrected chi connectivity index (χ0v) is 19.9. The maximum Gasteiger partial charge on any atom is 0.354 e. The normalized spacial score (nSPS) is 10.9. The number of aromatic nitrogens is 3. The second kappa shape index (κ2) is 13.8. The number of hydrogen-bond donors (Lipinski definition) is 4. The zero-order chi connectivity index (χ0) is 24.1. The molecule has 6 N–H and O–H groups in total. The Bertz CT molecular complexity index is 1040. The van der Waals surface area contributed by atoms with E-state index < -0.39 is 0 Å². The van der Waals surface area contributed by atoms with E-state index in [1.165, 1.54) is 0 Å². The molecule has 174 valence electrons. The van der Waals surface area contributed by atoms with E-state index >= 15 is 0 Å². The van der Waals surface area contributed by atoms with Gasteiger partial charge in [0.05, 0.1) is 11.7 Å². The van der Waals surface area contributed by atoms with Crippen molar-refractivity contribution in [1.29, 1.82) is 0 Å². The number of nitrogens with zero attached hydrogens (tertiary/aromatic N) is 3. The third kappa shape index (κ3) is 7.39. The smallest absolute Gasteiger partial charge is 0.354 e. The van der Waals surface area contributed by atoms with Crippen LogP contribution in [0.3, 0.4) is 0 Å². The quantitative estimate of drug-likeness (QED) is 0.185. The molecule has 2 heterocycles. The Labute approximate surface area is 190 Å². The number of rotatable bonds is 8. The molecular weight excluding hydrogens is 402 g/mol. The number of aromatic amines is 1. The molecule has 0 fully saturated rings. The maximum atomic E-state index is 12.3. The van der Waals surface area contributed by atoms with E-state index in [-0.39, 0.29) is 17.7 Å². The first kappa shape index (κ1) is 26.6. The molecule has 0 spiro atoms. The molecule has 0 radical (unpaired) electrons. The van der Waals surface area contributed by atoms with Gasteiger partial charge in [0.15, 0.2) is 5.96 Å². The van der Waals surface area contributed by atoms with Gasteiger partial charge >= 0.3 is 5.69 Å². The summed E-state index contributed by atoms with van der Waals surface area (Å²) in [6.07, 6.45) is 4.46.